The van der Waals surface area contributed by atoms with Gasteiger partial charge in [-0.15, -0.1) is 0 Å². The van der Waals surface area contributed by atoms with Gasteiger partial charge in [0.25, 0.3) is 0 Å². The van der Waals surface area contributed by atoms with E-state index in [1.165, 1.54) is 16.2 Å². The molecule has 1 amide bonds. The first-order valence-electron chi connectivity index (χ1n) is 10.8. The lowest BCUT2D eigenvalue weighted by molar-refractivity contribution is -0.154. The summed E-state index contributed by atoms with van der Waals surface area (Å²) >= 11 is 1.47. The van der Waals surface area contributed by atoms with E-state index in [1.54, 1.807) is 32.2 Å². The lowest BCUT2D eigenvalue weighted by atomic mass is 10.0. The molecule has 1 saturated heterocycles. The van der Waals surface area contributed by atoms with E-state index in [4.69, 9.17) is 9.47 Å². The Morgan fingerprint density at radius 1 is 1.23 bits per heavy atom. The van der Waals surface area contributed by atoms with Crippen LogP contribution in [0.4, 0.5) is 0 Å². The number of thiophene rings is 1. The molecule has 1 aliphatic heterocycles. The number of carbonyl (C=O) groups is 4. The number of likely N-dealkylation sites (tertiary alicyclic amines) is 1. The largest absolute Gasteiger partial charge is 0.465 e. The summed E-state index contributed by atoms with van der Waals surface area (Å²) in [6.07, 6.45) is 2.47. The molecule has 0 bridgehead atoms. The van der Waals surface area contributed by atoms with Gasteiger partial charge in [-0.05, 0) is 57.9 Å². The zero-order valence-electron chi connectivity index (χ0n) is 18.4. The maximum absolute atomic E-state index is 13.0. The molecule has 0 aromatic carbocycles. The fourth-order valence-corrected chi connectivity index (χ4v) is 4.34. The second-order valence-electron chi connectivity index (χ2n) is 7.46. The number of esters is 2. The Hall–Kier alpha value is -2.26. The van der Waals surface area contributed by atoms with Crippen LogP contribution >= 0.6 is 11.3 Å². The van der Waals surface area contributed by atoms with E-state index >= 15 is 0 Å². The van der Waals surface area contributed by atoms with Crippen LogP contribution in [0.15, 0.2) is 16.8 Å². The topological polar surface area (TPSA) is 102 Å². The average Bonchev–Trinajstić information content (AvgIpc) is 3.44. The second kappa shape index (κ2) is 12.6. The van der Waals surface area contributed by atoms with Gasteiger partial charge in [0, 0.05) is 23.9 Å². The Labute approximate surface area is 187 Å². The van der Waals surface area contributed by atoms with Crippen LogP contribution < -0.4 is 5.32 Å². The molecule has 1 aliphatic rings. The van der Waals surface area contributed by atoms with Gasteiger partial charge < -0.3 is 14.4 Å². The maximum atomic E-state index is 13.0. The number of ether oxygens (including phenoxy) is 2. The van der Waals surface area contributed by atoms with E-state index in [-0.39, 0.29) is 24.9 Å². The molecule has 0 radical (unpaired) electrons. The molecule has 0 spiro atoms. The number of hydrogen-bond acceptors (Lipinski definition) is 8. The minimum Gasteiger partial charge on any atom is -0.465 e. The van der Waals surface area contributed by atoms with Crippen LogP contribution in [-0.2, 0) is 23.9 Å². The van der Waals surface area contributed by atoms with E-state index in [9.17, 15) is 19.2 Å². The van der Waals surface area contributed by atoms with E-state index in [0.717, 1.165) is 6.42 Å². The van der Waals surface area contributed by atoms with Crippen LogP contribution in [0.2, 0.25) is 0 Å². The standard InChI is InChI=1S/C22H32N2O6S/c1-4-29-21(27)17(8-6-10-19(25)16-11-13-31-14-16)23-15(3)20(26)24-12-7-9-18(24)22(28)30-5-2/h11,13-15,17-18,23H,4-10,12H2,1-3H3/t15-,17?,18-/m0/s1. The SMILES string of the molecule is CCOC(=O)C(CCCC(=O)c1ccsc1)N[C@@H](C)C(=O)N1CCC[C@H]1C(=O)OCC. The van der Waals surface area contributed by atoms with Gasteiger partial charge in [-0.2, -0.15) is 11.3 Å². The van der Waals surface area contributed by atoms with Crippen LogP contribution in [0.25, 0.3) is 0 Å². The monoisotopic (exact) mass is 452 g/mol. The van der Waals surface area contributed by atoms with Crippen molar-refractivity contribution < 1.29 is 28.7 Å². The van der Waals surface area contributed by atoms with Crippen LogP contribution in [0, 0.1) is 0 Å². The summed E-state index contributed by atoms with van der Waals surface area (Å²) in [4.78, 5) is 51.3. The zero-order valence-corrected chi connectivity index (χ0v) is 19.2. The summed E-state index contributed by atoms with van der Waals surface area (Å²) in [6, 6.07) is -0.194. The maximum Gasteiger partial charge on any atom is 0.328 e. The highest BCUT2D eigenvalue weighted by molar-refractivity contribution is 7.08. The zero-order chi connectivity index (χ0) is 22.8. The molecule has 9 heteroatoms. The molecule has 1 fully saturated rings. The van der Waals surface area contributed by atoms with E-state index in [1.807, 2.05) is 5.38 Å². The minimum atomic E-state index is -0.710. The van der Waals surface area contributed by atoms with Gasteiger partial charge in [0.15, 0.2) is 5.78 Å². The molecule has 1 N–H and O–H groups in total. The number of nitrogens with one attached hydrogen (secondary N) is 1. The second-order valence-corrected chi connectivity index (χ2v) is 8.24. The van der Waals surface area contributed by atoms with Crippen molar-refractivity contribution in [1.29, 1.82) is 0 Å². The number of Topliss-reactive ketones (excluding diaryl/α,β-unsaturated/α-hetero) is 1. The fraction of sp³-hybridized carbons (Fsp3) is 0.636. The summed E-state index contributed by atoms with van der Waals surface area (Å²) < 4.78 is 10.2. The van der Waals surface area contributed by atoms with Gasteiger partial charge >= 0.3 is 11.9 Å². The first-order chi connectivity index (χ1) is 14.9. The van der Waals surface area contributed by atoms with Crippen LogP contribution in [0.3, 0.4) is 0 Å². The lowest BCUT2D eigenvalue weighted by Gasteiger charge is -2.28. The van der Waals surface area contributed by atoms with Gasteiger partial charge in [-0.1, -0.05) is 0 Å². The number of nitrogens with zero attached hydrogens (tertiary/aromatic N) is 1. The smallest absolute Gasteiger partial charge is 0.328 e. The molecule has 0 saturated carbocycles. The molecule has 1 unspecified atom stereocenters. The molecule has 0 aliphatic carbocycles. The highest BCUT2D eigenvalue weighted by atomic mass is 32.1. The Kier molecular flexibility index (Phi) is 10.1. The van der Waals surface area contributed by atoms with Crippen molar-refractivity contribution in [1.82, 2.24) is 10.2 Å². The third-order valence-electron chi connectivity index (χ3n) is 5.23. The van der Waals surface area contributed by atoms with E-state index in [0.29, 0.717) is 37.8 Å². The molecule has 2 rings (SSSR count). The van der Waals surface area contributed by atoms with Crippen molar-refractivity contribution in [2.24, 2.45) is 0 Å². The average molecular weight is 453 g/mol. The fourth-order valence-electron chi connectivity index (χ4n) is 3.68. The van der Waals surface area contributed by atoms with Gasteiger partial charge in [-0.3, -0.25) is 19.7 Å². The lowest BCUT2D eigenvalue weighted by Crippen LogP contribution is -2.53. The predicted octanol–water partition coefficient (Wildman–Crippen LogP) is 2.57. The number of carbonyl (C=O) groups excluding carboxylic acids is 4. The Balaban J connectivity index is 1.95. The van der Waals surface area contributed by atoms with Crippen molar-refractivity contribution in [2.75, 3.05) is 19.8 Å². The summed E-state index contributed by atoms with van der Waals surface area (Å²) in [5.74, 6) is -1.07. The van der Waals surface area contributed by atoms with Crippen LogP contribution in [-0.4, -0.2) is 66.4 Å². The van der Waals surface area contributed by atoms with Crippen molar-refractivity contribution in [3.63, 3.8) is 0 Å². The molecular formula is C22H32N2O6S. The Morgan fingerprint density at radius 3 is 2.61 bits per heavy atom. The van der Waals surface area contributed by atoms with Crippen molar-refractivity contribution >= 4 is 35.0 Å². The van der Waals surface area contributed by atoms with Gasteiger partial charge in [0.05, 0.1) is 19.3 Å². The van der Waals surface area contributed by atoms with Crippen molar-refractivity contribution in [3.05, 3.63) is 22.4 Å². The van der Waals surface area contributed by atoms with Crippen LogP contribution in [0.5, 0.6) is 0 Å². The number of amides is 1. The first kappa shape index (κ1) is 25.0. The van der Waals surface area contributed by atoms with Gasteiger partial charge in [0.2, 0.25) is 5.91 Å². The molecule has 3 atom stereocenters. The van der Waals surface area contributed by atoms with E-state index in [2.05, 4.69) is 5.32 Å². The van der Waals surface area contributed by atoms with Crippen LogP contribution in [0.1, 0.15) is 63.2 Å². The summed E-state index contributed by atoms with van der Waals surface area (Å²) in [7, 11) is 0. The summed E-state index contributed by atoms with van der Waals surface area (Å²) in [5.41, 5.74) is 0.674. The van der Waals surface area contributed by atoms with Gasteiger partial charge in [0.1, 0.15) is 12.1 Å². The Bertz CT molecular complexity index is 751. The summed E-state index contributed by atoms with van der Waals surface area (Å²) in [5, 5.41) is 6.71. The minimum absolute atomic E-state index is 0.0299. The van der Waals surface area contributed by atoms with Crippen molar-refractivity contribution in [2.45, 2.75) is 71.0 Å². The predicted molar refractivity (Wildman–Crippen MR) is 117 cm³/mol. The number of ketones is 1. The van der Waals surface area contributed by atoms with E-state index < -0.39 is 30.1 Å². The number of rotatable bonds is 12. The summed E-state index contributed by atoms with van der Waals surface area (Å²) in [6.45, 7) is 6.09. The molecule has 1 aromatic heterocycles. The molecule has 1 aromatic rings. The molecular weight excluding hydrogens is 420 g/mol. The van der Waals surface area contributed by atoms with Crippen molar-refractivity contribution in [3.8, 4) is 0 Å². The highest BCUT2D eigenvalue weighted by Crippen LogP contribution is 2.20. The quantitative estimate of drug-likeness (QED) is 0.384. The Morgan fingerprint density at radius 2 is 1.97 bits per heavy atom. The molecule has 31 heavy (non-hydrogen) atoms. The third-order valence-corrected chi connectivity index (χ3v) is 5.91. The highest BCUT2D eigenvalue weighted by Gasteiger charge is 2.37. The molecule has 8 nitrogen and oxygen atoms in total. The molecule has 2 heterocycles. The normalized spacial score (nSPS) is 17.8. The number of hydrogen-bond donors (Lipinski definition) is 1. The first-order valence-corrected chi connectivity index (χ1v) is 11.8. The third kappa shape index (κ3) is 7.14. The molecule has 172 valence electrons. The van der Waals surface area contributed by atoms with Gasteiger partial charge in [-0.25, -0.2) is 4.79 Å².